The Bertz CT molecular complexity index is 822. The fraction of sp³-hybridized carbons (Fsp3) is 0.211. The molecule has 0 heterocycles. The number of nitriles is 1. The quantitative estimate of drug-likeness (QED) is 0.875. The Kier molecular flexibility index (Phi) is 5.33. The standard InChI is InChI=1S/C19H18N2O3/c1-12-7-8-16(9-13(12)2)19(23)24-14(3)18(22)21-17-6-4-5-15(10-17)11-20/h4-10,14H,1-3H3,(H,21,22). The van der Waals surface area contributed by atoms with Crippen LogP contribution in [0.4, 0.5) is 5.69 Å². The Hall–Kier alpha value is -3.13. The van der Waals surface area contributed by atoms with Crippen LogP contribution in [0, 0.1) is 25.2 Å². The van der Waals surface area contributed by atoms with E-state index in [0.717, 1.165) is 11.1 Å². The third kappa shape index (κ3) is 4.20. The number of nitrogens with zero attached hydrogens (tertiary/aromatic N) is 1. The van der Waals surface area contributed by atoms with Crippen LogP contribution in [0.15, 0.2) is 42.5 Å². The van der Waals surface area contributed by atoms with Gasteiger partial charge in [0, 0.05) is 5.69 Å². The lowest BCUT2D eigenvalue weighted by Crippen LogP contribution is -2.30. The molecule has 24 heavy (non-hydrogen) atoms. The summed E-state index contributed by atoms with van der Waals surface area (Å²) in [6.45, 7) is 5.36. The molecule has 0 bridgehead atoms. The number of aryl methyl sites for hydroxylation is 2. The molecular weight excluding hydrogens is 304 g/mol. The lowest BCUT2D eigenvalue weighted by molar-refractivity contribution is -0.123. The van der Waals surface area contributed by atoms with E-state index in [9.17, 15) is 9.59 Å². The Morgan fingerprint density at radius 1 is 1.12 bits per heavy atom. The summed E-state index contributed by atoms with van der Waals surface area (Å²) in [7, 11) is 0. The molecule has 1 N–H and O–H groups in total. The van der Waals surface area contributed by atoms with Crippen molar-refractivity contribution in [3.8, 4) is 6.07 Å². The molecule has 0 saturated heterocycles. The summed E-state index contributed by atoms with van der Waals surface area (Å²) in [5.41, 5.74) is 3.38. The second kappa shape index (κ2) is 7.42. The number of hydrogen-bond donors (Lipinski definition) is 1. The van der Waals surface area contributed by atoms with Crippen LogP contribution in [0.1, 0.15) is 34.0 Å². The second-order valence-electron chi connectivity index (χ2n) is 5.53. The highest BCUT2D eigenvalue weighted by molar-refractivity contribution is 5.97. The van der Waals surface area contributed by atoms with Crippen LogP contribution in [0.3, 0.4) is 0 Å². The van der Waals surface area contributed by atoms with E-state index in [1.165, 1.54) is 6.92 Å². The van der Waals surface area contributed by atoms with Crippen LogP contribution in [0.25, 0.3) is 0 Å². The van der Waals surface area contributed by atoms with Crippen molar-refractivity contribution in [1.29, 1.82) is 5.26 Å². The first-order chi connectivity index (χ1) is 11.4. The second-order valence-corrected chi connectivity index (χ2v) is 5.53. The van der Waals surface area contributed by atoms with Crippen molar-refractivity contribution in [2.45, 2.75) is 26.9 Å². The summed E-state index contributed by atoms with van der Waals surface area (Å²) in [4.78, 5) is 24.3. The first-order valence-electron chi connectivity index (χ1n) is 7.50. The Balaban J connectivity index is 2.01. The summed E-state index contributed by atoms with van der Waals surface area (Å²) in [5.74, 6) is -1.01. The molecule has 2 rings (SSSR count). The Morgan fingerprint density at radius 2 is 1.88 bits per heavy atom. The number of carbonyl (C=O) groups is 2. The third-order valence-corrected chi connectivity index (χ3v) is 3.65. The van der Waals surface area contributed by atoms with Gasteiger partial charge in [-0.1, -0.05) is 12.1 Å². The van der Waals surface area contributed by atoms with Crippen molar-refractivity contribution in [2.24, 2.45) is 0 Å². The minimum atomic E-state index is -0.954. The van der Waals surface area contributed by atoms with Gasteiger partial charge in [-0.05, 0) is 62.2 Å². The number of carbonyl (C=O) groups excluding carboxylic acids is 2. The molecule has 0 aromatic heterocycles. The molecule has 0 saturated carbocycles. The molecule has 5 nitrogen and oxygen atoms in total. The van der Waals surface area contributed by atoms with Crippen LogP contribution >= 0.6 is 0 Å². The summed E-state index contributed by atoms with van der Waals surface area (Å²) in [6.07, 6.45) is -0.954. The number of esters is 1. The molecular formula is C19H18N2O3. The fourth-order valence-corrected chi connectivity index (χ4v) is 2.06. The highest BCUT2D eigenvalue weighted by Crippen LogP contribution is 2.13. The molecule has 1 atom stereocenters. The maximum absolute atomic E-state index is 12.1. The van der Waals surface area contributed by atoms with E-state index in [0.29, 0.717) is 16.8 Å². The van der Waals surface area contributed by atoms with Gasteiger partial charge in [0.25, 0.3) is 5.91 Å². The number of anilines is 1. The van der Waals surface area contributed by atoms with Gasteiger partial charge in [0.1, 0.15) is 0 Å². The third-order valence-electron chi connectivity index (χ3n) is 3.65. The molecule has 1 unspecified atom stereocenters. The van der Waals surface area contributed by atoms with Crippen molar-refractivity contribution in [3.63, 3.8) is 0 Å². The van der Waals surface area contributed by atoms with E-state index < -0.39 is 18.0 Å². The van der Waals surface area contributed by atoms with E-state index in [2.05, 4.69) is 5.32 Å². The van der Waals surface area contributed by atoms with Crippen molar-refractivity contribution >= 4 is 17.6 Å². The molecule has 0 aliphatic carbocycles. The van der Waals surface area contributed by atoms with Gasteiger partial charge < -0.3 is 10.1 Å². The number of amides is 1. The smallest absolute Gasteiger partial charge is 0.338 e. The molecule has 0 aliphatic rings. The minimum absolute atomic E-state index is 0.407. The largest absolute Gasteiger partial charge is 0.449 e. The molecule has 0 fully saturated rings. The molecule has 2 aromatic rings. The zero-order valence-corrected chi connectivity index (χ0v) is 13.8. The number of ether oxygens (including phenoxy) is 1. The summed E-state index contributed by atoms with van der Waals surface area (Å²) in [6, 6.07) is 13.8. The predicted octanol–water partition coefficient (Wildman–Crippen LogP) is 3.36. The van der Waals surface area contributed by atoms with Gasteiger partial charge >= 0.3 is 5.97 Å². The number of nitrogens with one attached hydrogen (secondary N) is 1. The summed E-state index contributed by atoms with van der Waals surface area (Å²) >= 11 is 0. The summed E-state index contributed by atoms with van der Waals surface area (Å²) < 4.78 is 5.21. The first kappa shape index (κ1) is 17.2. The van der Waals surface area contributed by atoms with Crippen LogP contribution in [-0.2, 0) is 9.53 Å². The van der Waals surface area contributed by atoms with Crippen molar-refractivity contribution in [2.75, 3.05) is 5.32 Å². The number of hydrogen-bond acceptors (Lipinski definition) is 4. The van der Waals surface area contributed by atoms with Gasteiger partial charge in [-0.3, -0.25) is 4.79 Å². The van der Waals surface area contributed by atoms with Gasteiger partial charge in [0.2, 0.25) is 0 Å². The van der Waals surface area contributed by atoms with Crippen molar-refractivity contribution in [3.05, 3.63) is 64.7 Å². The maximum Gasteiger partial charge on any atom is 0.338 e. The van der Waals surface area contributed by atoms with Gasteiger partial charge in [-0.2, -0.15) is 5.26 Å². The fourth-order valence-electron chi connectivity index (χ4n) is 2.06. The Labute approximate surface area is 140 Å². The molecule has 5 heteroatoms. The van der Waals surface area contributed by atoms with Gasteiger partial charge in [-0.15, -0.1) is 0 Å². The summed E-state index contributed by atoms with van der Waals surface area (Å²) in [5, 5.41) is 11.5. The SMILES string of the molecule is Cc1ccc(C(=O)OC(C)C(=O)Nc2cccc(C#N)c2)cc1C. The molecule has 0 spiro atoms. The number of benzene rings is 2. The topological polar surface area (TPSA) is 79.2 Å². The zero-order valence-electron chi connectivity index (χ0n) is 13.8. The number of rotatable bonds is 4. The lowest BCUT2D eigenvalue weighted by atomic mass is 10.1. The van der Waals surface area contributed by atoms with Crippen LogP contribution in [0.2, 0.25) is 0 Å². The highest BCUT2D eigenvalue weighted by Gasteiger charge is 2.19. The van der Waals surface area contributed by atoms with Crippen molar-refractivity contribution in [1.82, 2.24) is 0 Å². The van der Waals surface area contributed by atoms with E-state index >= 15 is 0 Å². The molecule has 0 radical (unpaired) electrons. The maximum atomic E-state index is 12.1. The molecule has 122 valence electrons. The zero-order chi connectivity index (χ0) is 17.7. The normalized spacial score (nSPS) is 11.2. The molecule has 2 aromatic carbocycles. The Morgan fingerprint density at radius 3 is 2.54 bits per heavy atom. The monoisotopic (exact) mass is 322 g/mol. The highest BCUT2D eigenvalue weighted by atomic mass is 16.5. The van der Waals surface area contributed by atoms with Crippen LogP contribution < -0.4 is 5.32 Å². The van der Waals surface area contributed by atoms with Crippen molar-refractivity contribution < 1.29 is 14.3 Å². The van der Waals surface area contributed by atoms with Gasteiger partial charge in [-0.25, -0.2) is 4.79 Å². The molecule has 1 amide bonds. The lowest BCUT2D eigenvalue weighted by Gasteiger charge is -2.14. The molecule has 0 aliphatic heterocycles. The van der Waals surface area contributed by atoms with E-state index in [1.54, 1.807) is 36.4 Å². The average molecular weight is 322 g/mol. The first-order valence-corrected chi connectivity index (χ1v) is 7.50. The van der Waals surface area contributed by atoms with E-state index in [-0.39, 0.29) is 0 Å². The van der Waals surface area contributed by atoms with Crippen LogP contribution in [0.5, 0.6) is 0 Å². The predicted molar refractivity (Wildman–Crippen MR) is 90.6 cm³/mol. The average Bonchev–Trinajstić information content (AvgIpc) is 2.57. The van der Waals surface area contributed by atoms with Gasteiger partial charge in [0.05, 0.1) is 17.2 Å². The van der Waals surface area contributed by atoms with Gasteiger partial charge in [0.15, 0.2) is 6.10 Å². The van der Waals surface area contributed by atoms with E-state index in [4.69, 9.17) is 10.00 Å². The van der Waals surface area contributed by atoms with E-state index in [1.807, 2.05) is 26.0 Å². The van der Waals surface area contributed by atoms with Crippen LogP contribution in [-0.4, -0.2) is 18.0 Å². The minimum Gasteiger partial charge on any atom is -0.449 e.